The minimum atomic E-state index is -0.461. The largest absolute Gasteiger partial charge is 0.356 e. The number of para-hydroxylation sites is 1. The van der Waals surface area contributed by atoms with Gasteiger partial charge >= 0.3 is 0 Å². The van der Waals surface area contributed by atoms with Crippen molar-refractivity contribution in [3.8, 4) is 5.69 Å². The molecule has 8 heteroatoms. The van der Waals surface area contributed by atoms with E-state index in [1.165, 1.54) is 11.6 Å². The molecule has 3 rings (SSSR count). The number of nitrogens with zero attached hydrogens (tertiary/aromatic N) is 3. The fourth-order valence-electron chi connectivity index (χ4n) is 3.02. The molecule has 30 heavy (non-hydrogen) atoms. The molecule has 2 aromatic carbocycles. The molecule has 0 aliphatic rings. The van der Waals surface area contributed by atoms with Crippen molar-refractivity contribution in [2.45, 2.75) is 26.3 Å². The highest BCUT2D eigenvalue weighted by atomic mass is 127. The number of benzene rings is 2. The number of guanidine groups is 1. The van der Waals surface area contributed by atoms with Crippen LogP contribution in [0.25, 0.3) is 5.69 Å². The van der Waals surface area contributed by atoms with E-state index < -0.39 is 11.6 Å². The van der Waals surface area contributed by atoms with Crippen LogP contribution in [0.1, 0.15) is 23.2 Å². The molecule has 0 aliphatic heterocycles. The number of nitrogens with one attached hydrogen (secondary N) is 2. The lowest BCUT2D eigenvalue weighted by molar-refractivity contribution is 0.581. The van der Waals surface area contributed by atoms with Crippen molar-refractivity contribution in [2.75, 3.05) is 13.6 Å². The number of hydrogen-bond donors (Lipinski definition) is 2. The summed E-state index contributed by atoms with van der Waals surface area (Å²) in [4.78, 5) is 4.12. The van der Waals surface area contributed by atoms with Gasteiger partial charge in [0.15, 0.2) is 5.96 Å². The molecule has 0 unspecified atom stereocenters. The monoisotopic (exact) mass is 525 g/mol. The van der Waals surface area contributed by atoms with E-state index in [-0.39, 0.29) is 36.1 Å². The summed E-state index contributed by atoms with van der Waals surface area (Å²) in [6, 6.07) is 13.4. The van der Waals surface area contributed by atoms with Crippen molar-refractivity contribution in [2.24, 2.45) is 4.99 Å². The minimum Gasteiger partial charge on any atom is -0.356 e. The van der Waals surface area contributed by atoms with Crippen molar-refractivity contribution >= 4 is 29.9 Å². The lowest BCUT2D eigenvalue weighted by atomic mass is 10.1. The summed E-state index contributed by atoms with van der Waals surface area (Å²) in [6.07, 6.45) is 3.82. The van der Waals surface area contributed by atoms with E-state index >= 15 is 0 Å². The Kier molecular flexibility index (Phi) is 9.22. The first-order chi connectivity index (χ1) is 14.1. The van der Waals surface area contributed by atoms with Gasteiger partial charge in [-0.25, -0.2) is 13.5 Å². The van der Waals surface area contributed by atoms with Crippen molar-refractivity contribution in [1.82, 2.24) is 20.4 Å². The summed E-state index contributed by atoms with van der Waals surface area (Å²) >= 11 is 0. The van der Waals surface area contributed by atoms with Gasteiger partial charge in [-0.1, -0.05) is 18.2 Å². The summed E-state index contributed by atoms with van der Waals surface area (Å²) in [5, 5.41) is 10.8. The molecule has 0 fully saturated rings. The molecule has 1 heterocycles. The van der Waals surface area contributed by atoms with Gasteiger partial charge in [-0.05, 0) is 55.7 Å². The maximum Gasteiger partial charge on any atom is 0.191 e. The molecule has 0 aliphatic carbocycles. The number of hydrogen-bond acceptors (Lipinski definition) is 2. The van der Waals surface area contributed by atoms with Gasteiger partial charge < -0.3 is 10.6 Å². The first-order valence-electron chi connectivity index (χ1n) is 9.56. The maximum atomic E-state index is 13.7. The Labute approximate surface area is 192 Å². The summed E-state index contributed by atoms with van der Waals surface area (Å²) in [5.74, 6) is -0.358. The molecular weight excluding hydrogens is 499 g/mol. The highest BCUT2D eigenvalue weighted by Crippen LogP contribution is 2.13. The third kappa shape index (κ3) is 6.51. The average molecular weight is 525 g/mol. The second kappa shape index (κ2) is 11.6. The van der Waals surface area contributed by atoms with Crippen LogP contribution in [0.2, 0.25) is 0 Å². The second-order valence-electron chi connectivity index (χ2n) is 6.71. The topological polar surface area (TPSA) is 54.2 Å². The molecule has 5 nitrogen and oxygen atoms in total. The highest BCUT2D eigenvalue weighted by molar-refractivity contribution is 14.0. The van der Waals surface area contributed by atoms with E-state index in [1.807, 2.05) is 41.9 Å². The number of aromatic nitrogens is 2. The van der Waals surface area contributed by atoms with Crippen LogP contribution in [0, 0.1) is 18.6 Å². The zero-order valence-electron chi connectivity index (χ0n) is 17.0. The Morgan fingerprint density at radius 3 is 2.57 bits per heavy atom. The Morgan fingerprint density at radius 2 is 1.83 bits per heavy atom. The second-order valence-corrected chi connectivity index (χ2v) is 6.71. The fourth-order valence-corrected chi connectivity index (χ4v) is 3.02. The Morgan fingerprint density at radius 1 is 1.07 bits per heavy atom. The van der Waals surface area contributed by atoms with E-state index in [0.29, 0.717) is 12.5 Å². The van der Waals surface area contributed by atoms with Crippen LogP contribution >= 0.6 is 24.0 Å². The molecule has 0 saturated heterocycles. The van der Waals surface area contributed by atoms with Crippen LogP contribution in [0.3, 0.4) is 0 Å². The molecular formula is C22H26F2IN5. The van der Waals surface area contributed by atoms with E-state index in [0.717, 1.165) is 36.4 Å². The van der Waals surface area contributed by atoms with Crippen molar-refractivity contribution in [1.29, 1.82) is 0 Å². The summed E-state index contributed by atoms with van der Waals surface area (Å²) < 4.78 is 28.9. The lowest BCUT2D eigenvalue weighted by Gasteiger charge is -2.12. The first kappa shape index (κ1) is 23.8. The molecule has 0 radical (unpaired) electrons. The summed E-state index contributed by atoms with van der Waals surface area (Å²) in [5.41, 5.74) is 3.50. The Bertz CT molecular complexity index is 973. The van der Waals surface area contributed by atoms with Crippen LogP contribution < -0.4 is 10.6 Å². The highest BCUT2D eigenvalue weighted by Gasteiger charge is 2.07. The molecule has 0 saturated carbocycles. The van der Waals surface area contributed by atoms with Gasteiger partial charge in [0.2, 0.25) is 0 Å². The zero-order valence-corrected chi connectivity index (χ0v) is 19.4. The van der Waals surface area contributed by atoms with Crippen molar-refractivity contribution in [3.63, 3.8) is 0 Å². The normalized spacial score (nSPS) is 11.1. The molecule has 160 valence electrons. The van der Waals surface area contributed by atoms with Crippen molar-refractivity contribution < 1.29 is 8.78 Å². The average Bonchev–Trinajstić information content (AvgIpc) is 3.11. The van der Waals surface area contributed by atoms with Gasteiger partial charge in [0.25, 0.3) is 0 Å². The molecule has 3 aromatic rings. The number of aliphatic imine (C=N–C) groups is 1. The molecule has 2 N–H and O–H groups in total. The maximum absolute atomic E-state index is 13.7. The number of halogens is 3. The minimum absolute atomic E-state index is 0. The zero-order chi connectivity index (χ0) is 20.6. The van der Waals surface area contributed by atoms with Crippen LogP contribution in [-0.4, -0.2) is 29.3 Å². The number of rotatable bonds is 7. The van der Waals surface area contributed by atoms with Crippen molar-refractivity contribution in [3.05, 3.63) is 83.2 Å². The molecule has 0 atom stereocenters. The smallest absolute Gasteiger partial charge is 0.191 e. The van der Waals surface area contributed by atoms with Crippen LogP contribution in [-0.2, 0) is 13.0 Å². The first-order valence-corrected chi connectivity index (χ1v) is 9.56. The Hall–Kier alpha value is -2.49. The lowest BCUT2D eigenvalue weighted by Crippen LogP contribution is -2.37. The van der Waals surface area contributed by atoms with Crippen LogP contribution in [0.5, 0.6) is 0 Å². The third-order valence-electron chi connectivity index (χ3n) is 4.61. The molecule has 0 spiro atoms. The van der Waals surface area contributed by atoms with E-state index in [2.05, 4.69) is 26.9 Å². The third-order valence-corrected chi connectivity index (χ3v) is 4.61. The fraction of sp³-hybridized carbons (Fsp3) is 0.273. The number of aryl methyl sites for hydroxylation is 2. The predicted octanol–water partition coefficient (Wildman–Crippen LogP) is 4.37. The van der Waals surface area contributed by atoms with Crippen LogP contribution in [0.15, 0.2) is 59.7 Å². The standard InChI is InChI=1S/C22H25F2N5.HI/c1-16-17(15-29(28-16)20-8-4-3-5-9-20)7-6-12-26-22(25-2)27-14-18-13-19(23)10-11-21(18)24;/h3-5,8-11,13,15H,6-7,12,14H2,1-2H3,(H2,25,26,27);1H. The van der Waals surface area contributed by atoms with E-state index in [9.17, 15) is 8.78 Å². The van der Waals surface area contributed by atoms with Gasteiger partial charge in [0.05, 0.1) is 11.4 Å². The van der Waals surface area contributed by atoms with E-state index in [4.69, 9.17) is 0 Å². The molecule has 0 bridgehead atoms. The van der Waals surface area contributed by atoms with Gasteiger partial charge in [0, 0.05) is 31.9 Å². The van der Waals surface area contributed by atoms with Gasteiger partial charge in [-0.2, -0.15) is 5.10 Å². The summed E-state index contributed by atoms with van der Waals surface area (Å²) in [7, 11) is 1.64. The van der Waals surface area contributed by atoms with E-state index in [1.54, 1.807) is 7.05 Å². The summed E-state index contributed by atoms with van der Waals surface area (Å²) in [6.45, 7) is 2.86. The Balaban J connectivity index is 0.00000320. The van der Waals surface area contributed by atoms with Gasteiger partial charge in [-0.3, -0.25) is 4.99 Å². The van der Waals surface area contributed by atoms with Gasteiger partial charge in [-0.15, -0.1) is 24.0 Å². The molecule has 1 aromatic heterocycles. The van der Waals surface area contributed by atoms with Gasteiger partial charge in [0.1, 0.15) is 11.6 Å². The quantitative estimate of drug-likeness (QED) is 0.209. The molecule has 0 amide bonds. The van der Waals surface area contributed by atoms with Crippen LogP contribution in [0.4, 0.5) is 8.78 Å². The SMILES string of the molecule is CN=C(NCCCc1cn(-c2ccccc2)nc1C)NCc1cc(F)ccc1F.I. The predicted molar refractivity (Wildman–Crippen MR) is 127 cm³/mol.